The molecular weight excluding hydrogens is 412 g/mol. The van der Waals surface area contributed by atoms with E-state index in [2.05, 4.69) is 10.4 Å². The second kappa shape index (κ2) is 8.48. The fourth-order valence-corrected chi connectivity index (χ4v) is 3.78. The monoisotopic (exact) mass is 428 g/mol. The van der Waals surface area contributed by atoms with Crippen LogP contribution in [0.3, 0.4) is 0 Å². The molecule has 2 heterocycles. The van der Waals surface area contributed by atoms with Crippen LogP contribution in [0.1, 0.15) is 45.1 Å². The summed E-state index contributed by atoms with van der Waals surface area (Å²) in [7, 11) is 0. The van der Waals surface area contributed by atoms with Gasteiger partial charge in [0.1, 0.15) is 11.5 Å². The third kappa shape index (κ3) is 4.20. The van der Waals surface area contributed by atoms with Crippen LogP contribution in [-0.2, 0) is 16.1 Å². The Bertz CT molecular complexity index is 980. The Morgan fingerprint density at radius 1 is 1.36 bits per heavy atom. The predicted octanol–water partition coefficient (Wildman–Crippen LogP) is 3.14. The molecule has 10 nitrogen and oxygen atoms in total. The second-order valence-corrected chi connectivity index (χ2v) is 7.12. The van der Waals surface area contributed by atoms with Crippen LogP contribution in [0.5, 0.6) is 0 Å². The molecule has 0 saturated heterocycles. The van der Waals surface area contributed by atoms with Crippen LogP contribution >= 0.6 is 22.9 Å². The van der Waals surface area contributed by atoms with Crippen molar-refractivity contribution >= 4 is 51.4 Å². The Balaban J connectivity index is 2.32. The highest BCUT2D eigenvalue weighted by molar-refractivity contribution is 7.18. The molecule has 0 saturated carbocycles. The van der Waals surface area contributed by atoms with Gasteiger partial charge in [0.2, 0.25) is 5.91 Å². The number of nitrogens with zero attached hydrogens (tertiary/aromatic N) is 3. The van der Waals surface area contributed by atoms with Crippen LogP contribution in [0.4, 0.5) is 10.8 Å². The number of amides is 1. The molecule has 0 bridgehead atoms. The van der Waals surface area contributed by atoms with Crippen LogP contribution < -0.4 is 5.32 Å². The summed E-state index contributed by atoms with van der Waals surface area (Å²) in [4.78, 5) is 47.0. The number of ether oxygens (including phenoxy) is 1. The molecule has 1 N–H and O–H groups in total. The molecule has 0 aliphatic carbocycles. The first-order chi connectivity index (χ1) is 13.1. The number of nitrogens with one attached hydrogen (secondary N) is 1. The summed E-state index contributed by atoms with van der Waals surface area (Å²) in [5.74, 6) is -2.06. The van der Waals surface area contributed by atoms with Gasteiger partial charge in [-0.2, -0.15) is 4.68 Å². The number of halogens is 1. The minimum absolute atomic E-state index is 0.103. The summed E-state index contributed by atoms with van der Waals surface area (Å²) in [5, 5.41) is 17.2. The van der Waals surface area contributed by atoms with Gasteiger partial charge >= 0.3 is 11.8 Å². The maximum Gasteiger partial charge on any atom is 0.408 e. The van der Waals surface area contributed by atoms with Gasteiger partial charge in [-0.25, -0.2) is 4.79 Å². The van der Waals surface area contributed by atoms with E-state index in [9.17, 15) is 24.5 Å². The number of nitro groups is 1. The maximum absolute atomic E-state index is 12.4. The molecule has 2 aromatic rings. The van der Waals surface area contributed by atoms with Crippen molar-refractivity contribution in [3.05, 3.63) is 36.8 Å². The van der Waals surface area contributed by atoms with Gasteiger partial charge in [-0.3, -0.25) is 9.59 Å². The normalized spacial score (nSPS) is 10.6. The van der Waals surface area contributed by atoms with Crippen molar-refractivity contribution in [2.75, 3.05) is 11.9 Å². The highest BCUT2D eigenvalue weighted by Crippen LogP contribution is 2.34. The van der Waals surface area contributed by atoms with Crippen LogP contribution in [0.2, 0.25) is 5.02 Å². The highest BCUT2D eigenvalue weighted by Gasteiger charge is 2.28. The Morgan fingerprint density at radius 3 is 2.50 bits per heavy atom. The number of carbonyl (C=O) groups excluding carboxylic acids is 3. The van der Waals surface area contributed by atoms with Crippen LogP contribution in [0, 0.1) is 24.0 Å². The third-order valence-corrected chi connectivity index (χ3v) is 5.53. The van der Waals surface area contributed by atoms with Crippen molar-refractivity contribution in [3.8, 4) is 0 Å². The first kappa shape index (κ1) is 21.5. The second-order valence-electron chi connectivity index (χ2n) is 5.72. The Kier molecular flexibility index (Phi) is 6.52. The maximum atomic E-state index is 12.4. The molecule has 0 spiro atoms. The zero-order valence-corrected chi connectivity index (χ0v) is 17.1. The lowest BCUT2D eigenvalue weighted by atomic mass is 10.1. The van der Waals surface area contributed by atoms with Gasteiger partial charge in [0.25, 0.3) is 0 Å². The molecule has 0 aliphatic rings. The largest absolute Gasteiger partial charge is 0.462 e. The molecule has 0 aromatic carbocycles. The van der Waals surface area contributed by atoms with Crippen molar-refractivity contribution < 1.29 is 24.0 Å². The van der Waals surface area contributed by atoms with E-state index in [0.717, 1.165) is 16.0 Å². The van der Waals surface area contributed by atoms with Crippen molar-refractivity contribution in [3.63, 3.8) is 0 Å². The van der Waals surface area contributed by atoms with E-state index in [1.165, 1.54) is 13.8 Å². The number of hydrogen-bond acceptors (Lipinski definition) is 8. The van der Waals surface area contributed by atoms with Gasteiger partial charge in [-0.15, -0.1) is 11.3 Å². The molecule has 0 atom stereocenters. The number of anilines is 1. The highest BCUT2D eigenvalue weighted by atomic mass is 35.5. The van der Waals surface area contributed by atoms with E-state index in [1.54, 1.807) is 13.8 Å². The molecule has 2 aromatic heterocycles. The number of aromatic nitrogens is 2. The minimum atomic E-state index is -0.746. The fraction of sp³-hybridized carbons (Fsp3) is 0.375. The van der Waals surface area contributed by atoms with Gasteiger partial charge in [-0.1, -0.05) is 11.6 Å². The number of carbonyl (C=O) groups is 3. The Hall–Kier alpha value is -2.79. The van der Waals surface area contributed by atoms with Gasteiger partial charge in [0, 0.05) is 0 Å². The van der Waals surface area contributed by atoms with Crippen molar-refractivity contribution in [1.82, 2.24) is 9.78 Å². The molecule has 0 unspecified atom stereocenters. The van der Waals surface area contributed by atoms with Crippen LogP contribution in [0.25, 0.3) is 0 Å². The SMILES string of the molecule is CCOC(=O)c1c(NC(=O)Cn2nc([N+](=O)[O-])c(Cl)c2C)sc(C(C)=O)c1C. The van der Waals surface area contributed by atoms with Gasteiger partial charge in [0.05, 0.1) is 27.8 Å². The molecule has 1 amide bonds. The quantitative estimate of drug-likeness (QED) is 0.310. The topological polar surface area (TPSA) is 133 Å². The molecule has 150 valence electrons. The summed E-state index contributed by atoms with van der Waals surface area (Å²) in [6.07, 6.45) is 0. The fourth-order valence-electron chi connectivity index (χ4n) is 2.47. The predicted molar refractivity (Wildman–Crippen MR) is 102 cm³/mol. The lowest BCUT2D eigenvalue weighted by molar-refractivity contribution is -0.389. The van der Waals surface area contributed by atoms with Gasteiger partial charge in [0.15, 0.2) is 10.8 Å². The van der Waals surface area contributed by atoms with Crippen molar-refractivity contribution in [1.29, 1.82) is 0 Å². The van der Waals surface area contributed by atoms with E-state index in [1.807, 2.05) is 0 Å². The van der Waals surface area contributed by atoms with Crippen molar-refractivity contribution in [2.45, 2.75) is 34.2 Å². The van der Waals surface area contributed by atoms with E-state index >= 15 is 0 Å². The van der Waals surface area contributed by atoms with Gasteiger partial charge in [-0.05, 0) is 38.2 Å². The molecule has 2 rings (SSSR count). The zero-order chi connectivity index (χ0) is 21.2. The molecule has 0 radical (unpaired) electrons. The summed E-state index contributed by atoms with van der Waals surface area (Å²) in [5.41, 5.74) is 0.771. The molecule has 0 fully saturated rings. The number of ketones is 1. The Labute approximate surface area is 168 Å². The van der Waals surface area contributed by atoms with E-state index in [4.69, 9.17) is 16.3 Å². The minimum Gasteiger partial charge on any atom is -0.462 e. The number of Topliss-reactive ketones (excluding diaryl/α,β-unsaturated/α-hetero) is 1. The van der Waals surface area contributed by atoms with Gasteiger partial charge < -0.3 is 20.2 Å². The van der Waals surface area contributed by atoms with E-state index < -0.39 is 22.6 Å². The van der Waals surface area contributed by atoms with Crippen molar-refractivity contribution in [2.24, 2.45) is 0 Å². The third-order valence-electron chi connectivity index (χ3n) is 3.78. The van der Waals surface area contributed by atoms with Crippen LogP contribution in [-0.4, -0.2) is 39.0 Å². The standard InChI is InChI=1S/C16H17ClN4O6S/c1-5-27-16(24)11-7(2)13(9(4)22)28-15(11)18-10(23)6-20-8(3)12(17)14(19-20)21(25)26/h5-6H2,1-4H3,(H,18,23). The average molecular weight is 429 g/mol. The lowest BCUT2D eigenvalue weighted by Crippen LogP contribution is -2.21. The number of esters is 1. The van der Waals surface area contributed by atoms with E-state index in [0.29, 0.717) is 10.4 Å². The zero-order valence-electron chi connectivity index (χ0n) is 15.5. The molecule has 12 heteroatoms. The summed E-state index contributed by atoms with van der Waals surface area (Å²) < 4.78 is 6.09. The number of thiophene rings is 1. The summed E-state index contributed by atoms with van der Waals surface area (Å²) >= 11 is 6.82. The Morgan fingerprint density at radius 2 is 2.00 bits per heavy atom. The first-order valence-corrected chi connectivity index (χ1v) is 9.26. The molecule has 28 heavy (non-hydrogen) atoms. The average Bonchev–Trinajstić information content (AvgIpc) is 3.06. The van der Waals surface area contributed by atoms with Crippen LogP contribution in [0.15, 0.2) is 0 Å². The number of hydrogen-bond donors (Lipinski definition) is 1. The molecular formula is C16H17ClN4O6S. The first-order valence-electron chi connectivity index (χ1n) is 8.07. The summed E-state index contributed by atoms with van der Waals surface area (Å²) in [6, 6.07) is 0. The lowest BCUT2D eigenvalue weighted by Gasteiger charge is -2.07. The smallest absolute Gasteiger partial charge is 0.408 e. The summed E-state index contributed by atoms with van der Waals surface area (Å²) in [6.45, 7) is 5.84. The molecule has 0 aliphatic heterocycles. The number of rotatable bonds is 7. The van der Waals surface area contributed by atoms with E-state index in [-0.39, 0.29) is 40.2 Å².